The van der Waals surface area contributed by atoms with Gasteiger partial charge in [0.2, 0.25) is 0 Å². The monoisotopic (exact) mass is 365 g/mol. The number of phenolic OH excluding ortho intramolecular Hbond substituents is 1. The third-order valence-electron chi connectivity index (χ3n) is 1.75. The van der Waals surface area contributed by atoms with Crippen molar-refractivity contribution in [3.05, 3.63) is 26.6 Å². The zero-order valence-electron chi connectivity index (χ0n) is 8.32. The fourth-order valence-corrected chi connectivity index (χ4v) is 2.20. The molecule has 0 atom stereocenters. The minimum absolute atomic E-state index is 0.114. The number of nitrogens with zero attached hydrogens (tertiary/aromatic N) is 2. The van der Waals surface area contributed by atoms with E-state index in [4.69, 9.17) is 18.0 Å². The van der Waals surface area contributed by atoms with E-state index in [9.17, 15) is 5.11 Å². The van der Waals surface area contributed by atoms with E-state index in [1.54, 1.807) is 19.2 Å². The Morgan fingerprint density at radius 2 is 2.19 bits per heavy atom. The molecule has 0 aliphatic carbocycles. The summed E-state index contributed by atoms with van der Waals surface area (Å²) in [6.45, 7) is 0. The van der Waals surface area contributed by atoms with Crippen LogP contribution in [0, 0.1) is 0 Å². The topological polar surface area (TPSA) is 61.8 Å². The molecule has 0 radical (unpaired) electrons. The van der Waals surface area contributed by atoms with Crippen LogP contribution in [0.15, 0.2) is 26.2 Å². The molecule has 0 unspecified atom stereocenters. The number of hydrazone groups is 1. The molecule has 0 amide bonds. The van der Waals surface area contributed by atoms with E-state index < -0.39 is 0 Å². The van der Waals surface area contributed by atoms with Gasteiger partial charge in [-0.3, -0.25) is 0 Å². The molecule has 1 aromatic rings. The predicted octanol–water partition coefficient (Wildman–Crippen LogP) is 2.43. The molecule has 0 aliphatic heterocycles. The maximum Gasteiger partial charge on any atom is 0.186 e. The molecule has 86 valence electrons. The van der Waals surface area contributed by atoms with Crippen molar-refractivity contribution in [2.24, 2.45) is 10.8 Å². The minimum atomic E-state index is 0.114. The summed E-state index contributed by atoms with van der Waals surface area (Å²) >= 11 is 11.3. The Hall–Kier alpha value is -0.660. The number of benzene rings is 1. The molecule has 16 heavy (non-hydrogen) atoms. The zero-order valence-corrected chi connectivity index (χ0v) is 12.3. The second-order valence-electron chi connectivity index (χ2n) is 2.93. The molecule has 7 heteroatoms. The van der Waals surface area contributed by atoms with E-state index >= 15 is 0 Å². The molecular formula is C9H9Br2N3OS. The van der Waals surface area contributed by atoms with Crippen molar-refractivity contribution in [2.45, 2.75) is 0 Å². The third kappa shape index (κ3) is 3.43. The van der Waals surface area contributed by atoms with Gasteiger partial charge in [-0.05, 0) is 40.3 Å². The summed E-state index contributed by atoms with van der Waals surface area (Å²) in [5, 5.41) is 15.2. The molecule has 1 rings (SSSR count). The highest BCUT2D eigenvalue weighted by molar-refractivity contribution is 9.11. The van der Waals surface area contributed by atoms with Crippen molar-refractivity contribution in [3.63, 3.8) is 0 Å². The van der Waals surface area contributed by atoms with Gasteiger partial charge < -0.3 is 10.8 Å². The number of nitrogens with two attached hydrogens (primary N) is 1. The highest BCUT2D eigenvalue weighted by Crippen LogP contribution is 2.30. The number of hydrogen-bond acceptors (Lipinski definition) is 3. The van der Waals surface area contributed by atoms with E-state index in [-0.39, 0.29) is 10.9 Å². The molecule has 0 spiro atoms. The maximum atomic E-state index is 9.73. The summed E-state index contributed by atoms with van der Waals surface area (Å²) in [5.74, 6) is 0.114. The Kier molecular flexibility index (Phi) is 4.69. The molecule has 4 nitrogen and oxygen atoms in total. The molecule has 3 N–H and O–H groups in total. The number of hydrogen-bond donors (Lipinski definition) is 2. The molecule has 0 aromatic heterocycles. The Bertz CT molecular complexity index is 451. The summed E-state index contributed by atoms with van der Waals surface area (Å²) in [5.41, 5.74) is 5.92. The number of thiocarbonyl (C=S) groups is 1. The lowest BCUT2D eigenvalue weighted by atomic mass is 10.2. The van der Waals surface area contributed by atoms with Crippen LogP contribution in [0.25, 0.3) is 0 Å². The Balaban J connectivity index is 3.01. The quantitative estimate of drug-likeness (QED) is 0.479. The first kappa shape index (κ1) is 13.4. The fraction of sp³-hybridized carbons (Fsp3) is 0.111. The van der Waals surface area contributed by atoms with Gasteiger partial charge in [0, 0.05) is 17.1 Å². The number of halogens is 2. The average Bonchev–Trinajstić information content (AvgIpc) is 2.20. The first-order chi connectivity index (χ1) is 7.41. The van der Waals surface area contributed by atoms with Gasteiger partial charge in [0.15, 0.2) is 5.11 Å². The fourth-order valence-electron chi connectivity index (χ4n) is 0.890. The smallest absolute Gasteiger partial charge is 0.186 e. The molecule has 0 saturated carbocycles. The summed E-state index contributed by atoms with van der Waals surface area (Å²) in [6.07, 6.45) is 1.48. The van der Waals surface area contributed by atoms with Gasteiger partial charge in [0.1, 0.15) is 5.75 Å². The van der Waals surface area contributed by atoms with E-state index in [1.807, 2.05) is 0 Å². The number of rotatable bonds is 2. The summed E-state index contributed by atoms with van der Waals surface area (Å²) in [4.78, 5) is 0. The van der Waals surface area contributed by atoms with Crippen molar-refractivity contribution < 1.29 is 5.11 Å². The highest BCUT2D eigenvalue weighted by atomic mass is 79.9. The van der Waals surface area contributed by atoms with E-state index in [1.165, 1.54) is 11.2 Å². The number of aromatic hydroxyl groups is 1. The molecule has 0 saturated heterocycles. The Labute approximate surface area is 115 Å². The number of phenols is 1. The van der Waals surface area contributed by atoms with Crippen molar-refractivity contribution in [1.82, 2.24) is 5.01 Å². The molecule has 0 heterocycles. The van der Waals surface area contributed by atoms with Crippen molar-refractivity contribution in [3.8, 4) is 5.75 Å². The van der Waals surface area contributed by atoms with Crippen molar-refractivity contribution in [2.75, 3.05) is 7.05 Å². The predicted molar refractivity (Wildman–Crippen MR) is 75.6 cm³/mol. The minimum Gasteiger partial charge on any atom is -0.506 e. The highest BCUT2D eigenvalue weighted by Gasteiger charge is 2.05. The van der Waals surface area contributed by atoms with Gasteiger partial charge in [-0.15, -0.1) is 0 Å². The van der Waals surface area contributed by atoms with Crippen LogP contribution in [0.2, 0.25) is 0 Å². The second kappa shape index (κ2) is 5.60. The van der Waals surface area contributed by atoms with Crippen LogP contribution in [-0.4, -0.2) is 28.5 Å². The molecule has 0 bridgehead atoms. The first-order valence-corrected chi connectivity index (χ1v) is 6.16. The van der Waals surface area contributed by atoms with Crippen molar-refractivity contribution >= 4 is 55.4 Å². The van der Waals surface area contributed by atoms with E-state index in [0.717, 1.165) is 4.47 Å². The lowest BCUT2D eigenvalue weighted by molar-refractivity contribution is 0.470. The van der Waals surface area contributed by atoms with Crippen LogP contribution < -0.4 is 5.73 Å². The molecule has 0 fully saturated rings. The summed E-state index contributed by atoms with van der Waals surface area (Å²) in [6, 6.07) is 3.47. The lowest BCUT2D eigenvalue weighted by Gasteiger charge is -2.09. The van der Waals surface area contributed by atoms with Crippen LogP contribution >= 0.6 is 44.1 Å². The van der Waals surface area contributed by atoms with Gasteiger partial charge >= 0.3 is 0 Å². The molecule has 1 aromatic carbocycles. The summed E-state index contributed by atoms with van der Waals surface area (Å²) < 4.78 is 1.41. The Morgan fingerprint density at radius 1 is 1.56 bits per heavy atom. The average molecular weight is 367 g/mol. The maximum absolute atomic E-state index is 9.73. The Morgan fingerprint density at radius 3 is 2.75 bits per heavy atom. The summed E-state index contributed by atoms with van der Waals surface area (Å²) in [7, 11) is 1.63. The van der Waals surface area contributed by atoms with E-state index in [2.05, 4.69) is 37.0 Å². The van der Waals surface area contributed by atoms with Crippen LogP contribution in [0.1, 0.15) is 5.56 Å². The van der Waals surface area contributed by atoms with Gasteiger partial charge in [0.05, 0.1) is 10.7 Å². The molecule has 0 aliphatic rings. The van der Waals surface area contributed by atoms with E-state index in [0.29, 0.717) is 10.0 Å². The van der Waals surface area contributed by atoms with Crippen LogP contribution in [0.4, 0.5) is 0 Å². The van der Waals surface area contributed by atoms with Gasteiger partial charge in [-0.2, -0.15) is 5.10 Å². The normalized spacial score (nSPS) is 10.7. The second-order valence-corrected chi connectivity index (χ2v) is 5.12. The SMILES string of the molecule is CN(/N=C/c1cc(Br)cc(Br)c1O)C(N)=S. The van der Waals surface area contributed by atoms with Crippen LogP contribution in [0.5, 0.6) is 5.75 Å². The van der Waals surface area contributed by atoms with Gasteiger partial charge in [-0.25, -0.2) is 5.01 Å². The molecular weight excluding hydrogens is 358 g/mol. The van der Waals surface area contributed by atoms with Crippen LogP contribution in [0.3, 0.4) is 0 Å². The van der Waals surface area contributed by atoms with Crippen LogP contribution in [-0.2, 0) is 0 Å². The van der Waals surface area contributed by atoms with Gasteiger partial charge in [0.25, 0.3) is 0 Å². The first-order valence-electron chi connectivity index (χ1n) is 4.17. The van der Waals surface area contributed by atoms with Gasteiger partial charge in [-0.1, -0.05) is 15.9 Å². The third-order valence-corrected chi connectivity index (χ3v) is 3.07. The standard InChI is InChI=1S/C9H9Br2N3OS/c1-14(9(12)16)13-4-5-2-6(10)3-7(11)8(5)15/h2-4,15H,1H3,(H2,12,16)/b13-4+. The van der Waals surface area contributed by atoms with Crippen molar-refractivity contribution in [1.29, 1.82) is 0 Å². The largest absolute Gasteiger partial charge is 0.506 e. The zero-order chi connectivity index (χ0) is 12.3. The lowest BCUT2D eigenvalue weighted by Crippen LogP contribution is -2.27.